The van der Waals surface area contributed by atoms with Crippen molar-refractivity contribution in [1.82, 2.24) is 0 Å². The monoisotopic (exact) mass is 222 g/mol. The summed E-state index contributed by atoms with van der Waals surface area (Å²) >= 11 is 0. The molecule has 0 atom stereocenters. The van der Waals surface area contributed by atoms with E-state index in [0.29, 0.717) is 12.0 Å². The molecule has 0 bridgehead atoms. The van der Waals surface area contributed by atoms with Gasteiger partial charge in [0.2, 0.25) is 0 Å². The molecule has 0 aliphatic heterocycles. The van der Waals surface area contributed by atoms with Crippen molar-refractivity contribution in [2.45, 2.75) is 26.4 Å². The summed E-state index contributed by atoms with van der Waals surface area (Å²) < 4.78 is 4.96. The van der Waals surface area contributed by atoms with E-state index < -0.39 is 5.97 Å². The SMILES string of the molecule is CCCC(=O)OCc1ccccc1C(=O)O. The maximum Gasteiger partial charge on any atom is 0.336 e. The van der Waals surface area contributed by atoms with Crippen molar-refractivity contribution in [3.8, 4) is 0 Å². The molecular formula is C12H14O4. The maximum atomic E-state index is 11.1. The van der Waals surface area contributed by atoms with E-state index >= 15 is 0 Å². The molecule has 86 valence electrons. The Labute approximate surface area is 93.9 Å². The van der Waals surface area contributed by atoms with Gasteiger partial charge in [0.15, 0.2) is 0 Å². The smallest absolute Gasteiger partial charge is 0.336 e. The van der Waals surface area contributed by atoms with Crippen molar-refractivity contribution < 1.29 is 19.4 Å². The van der Waals surface area contributed by atoms with Gasteiger partial charge in [0.1, 0.15) is 6.61 Å². The van der Waals surface area contributed by atoms with E-state index in [-0.39, 0.29) is 18.1 Å². The molecule has 4 heteroatoms. The van der Waals surface area contributed by atoms with Gasteiger partial charge in [-0.25, -0.2) is 4.79 Å². The molecule has 0 spiro atoms. The van der Waals surface area contributed by atoms with Crippen LogP contribution in [0.15, 0.2) is 24.3 Å². The Hall–Kier alpha value is -1.84. The zero-order chi connectivity index (χ0) is 12.0. The predicted octanol–water partition coefficient (Wildman–Crippen LogP) is 2.23. The van der Waals surface area contributed by atoms with Crippen LogP contribution in [-0.4, -0.2) is 17.0 Å². The summed E-state index contributed by atoms with van der Waals surface area (Å²) in [5.74, 6) is -1.31. The van der Waals surface area contributed by atoms with Crippen molar-refractivity contribution in [2.24, 2.45) is 0 Å². The highest BCUT2D eigenvalue weighted by molar-refractivity contribution is 5.89. The minimum Gasteiger partial charge on any atom is -0.478 e. The minimum absolute atomic E-state index is 0.0152. The number of carbonyl (C=O) groups is 2. The second-order valence-corrected chi connectivity index (χ2v) is 3.37. The van der Waals surface area contributed by atoms with Gasteiger partial charge < -0.3 is 9.84 Å². The molecule has 1 aromatic carbocycles. The van der Waals surface area contributed by atoms with Gasteiger partial charge in [-0.15, -0.1) is 0 Å². The fraction of sp³-hybridized carbons (Fsp3) is 0.333. The summed E-state index contributed by atoms with van der Waals surface area (Å²) in [6.07, 6.45) is 1.08. The summed E-state index contributed by atoms with van der Waals surface area (Å²) in [7, 11) is 0. The number of esters is 1. The molecule has 4 nitrogen and oxygen atoms in total. The number of ether oxygens (including phenoxy) is 1. The first kappa shape index (κ1) is 12.2. The zero-order valence-electron chi connectivity index (χ0n) is 9.10. The number of carbonyl (C=O) groups excluding carboxylic acids is 1. The van der Waals surface area contributed by atoms with Crippen molar-refractivity contribution in [1.29, 1.82) is 0 Å². The standard InChI is InChI=1S/C12H14O4/c1-2-5-11(13)16-8-9-6-3-4-7-10(9)12(14)15/h3-4,6-7H,2,5,8H2,1H3,(H,14,15). The summed E-state index contributed by atoms with van der Waals surface area (Å²) in [4.78, 5) is 22.0. The number of aromatic carboxylic acids is 1. The summed E-state index contributed by atoms with van der Waals surface area (Å²) in [5.41, 5.74) is 0.686. The van der Waals surface area contributed by atoms with Crippen LogP contribution in [0.2, 0.25) is 0 Å². The van der Waals surface area contributed by atoms with Crippen molar-refractivity contribution >= 4 is 11.9 Å². The summed E-state index contributed by atoms with van der Waals surface area (Å²) in [5, 5.41) is 8.89. The summed E-state index contributed by atoms with van der Waals surface area (Å²) in [6.45, 7) is 1.90. The predicted molar refractivity (Wildman–Crippen MR) is 58.1 cm³/mol. The van der Waals surface area contributed by atoms with Crippen LogP contribution in [0.3, 0.4) is 0 Å². The van der Waals surface area contributed by atoms with Crippen LogP contribution >= 0.6 is 0 Å². The van der Waals surface area contributed by atoms with Crippen molar-refractivity contribution in [2.75, 3.05) is 0 Å². The van der Waals surface area contributed by atoms with Crippen LogP contribution in [0, 0.1) is 0 Å². The molecule has 0 unspecified atom stereocenters. The van der Waals surface area contributed by atoms with E-state index in [1.807, 2.05) is 6.92 Å². The molecule has 1 aromatic rings. The second-order valence-electron chi connectivity index (χ2n) is 3.37. The Morgan fingerprint density at radius 1 is 1.31 bits per heavy atom. The van der Waals surface area contributed by atoms with Crippen LogP contribution in [0.4, 0.5) is 0 Å². The third-order valence-corrected chi connectivity index (χ3v) is 2.09. The number of rotatable bonds is 5. The first-order valence-electron chi connectivity index (χ1n) is 5.12. The zero-order valence-corrected chi connectivity index (χ0v) is 9.10. The van der Waals surface area contributed by atoms with Crippen LogP contribution < -0.4 is 0 Å². The highest BCUT2D eigenvalue weighted by atomic mass is 16.5. The Kier molecular flexibility index (Phi) is 4.51. The van der Waals surface area contributed by atoms with E-state index in [9.17, 15) is 9.59 Å². The van der Waals surface area contributed by atoms with Crippen LogP contribution in [-0.2, 0) is 16.1 Å². The molecule has 0 radical (unpaired) electrons. The van der Waals surface area contributed by atoms with Crippen molar-refractivity contribution in [3.63, 3.8) is 0 Å². The Balaban J connectivity index is 2.66. The topological polar surface area (TPSA) is 63.6 Å². The quantitative estimate of drug-likeness (QED) is 0.776. The second kappa shape index (κ2) is 5.90. The normalized spacial score (nSPS) is 9.81. The number of benzene rings is 1. The lowest BCUT2D eigenvalue weighted by Crippen LogP contribution is -2.08. The van der Waals surface area contributed by atoms with Gasteiger partial charge in [-0.05, 0) is 12.5 Å². The molecule has 0 saturated heterocycles. The molecule has 0 fully saturated rings. The highest BCUT2D eigenvalue weighted by Crippen LogP contribution is 2.10. The third-order valence-electron chi connectivity index (χ3n) is 2.09. The van der Waals surface area contributed by atoms with Crippen LogP contribution in [0.25, 0.3) is 0 Å². The Morgan fingerprint density at radius 2 is 2.00 bits per heavy atom. The van der Waals surface area contributed by atoms with Gasteiger partial charge >= 0.3 is 11.9 Å². The third kappa shape index (κ3) is 3.38. The lowest BCUT2D eigenvalue weighted by molar-refractivity contribution is -0.145. The van der Waals surface area contributed by atoms with Gasteiger partial charge in [-0.2, -0.15) is 0 Å². The molecule has 0 aliphatic rings. The first-order chi connectivity index (χ1) is 7.65. The van der Waals surface area contributed by atoms with Gasteiger partial charge in [0.25, 0.3) is 0 Å². The lowest BCUT2D eigenvalue weighted by Gasteiger charge is -2.06. The molecule has 0 aliphatic carbocycles. The average molecular weight is 222 g/mol. The number of hydrogen-bond acceptors (Lipinski definition) is 3. The summed E-state index contributed by atoms with van der Waals surface area (Å²) in [6, 6.07) is 6.49. The molecule has 0 aromatic heterocycles. The Morgan fingerprint density at radius 3 is 2.62 bits per heavy atom. The van der Waals surface area contributed by atoms with E-state index in [1.165, 1.54) is 6.07 Å². The molecule has 1 rings (SSSR count). The lowest BCUT2D eigenvalue weighted by atomic mass is 10.1. The van der Waals surface area contributed by atoms with Gasteiger partial charge in [0, 0.05) is 12.0 Å². The maximum absolute atomic E-state index is 11.1. The average Bonchev–Trinajstić information content (AvgIpc) is 2.27. The van der Waals surface area contributed by atoms with E-state index in [2.05, 4.69) is 0 Å². The molecule has 1 N–H and O–H groups in total. The number of carboxylic acids is 1. The van der Waals surface area contributed by atoms with Crippen molar-refractivity contribution in [3.05, 3.63) is 35.4 Å². The largest absolute Gasteiger partial charge is 0.478 e. The minimum atomic E-state index is -1.01. The number of carboxylic acid groups (broad SMARTS) is 1. The van der Waals surface area contributed by atoms with Gasteiger partial charge in [0.05, 0.1) is 5.56 Å². The molecule has 16 heavy (non-hydrogen) atoms. The number of hydrogen-bond donors (Lipinski definition) is 1. The van der Waals surface area contributed by atoms with Gasteiger partial charge in [-0.3, -0.25) is 4.79 Å². The molecule has 0 saturated carbocycles. The van der Waals surface area contributed by atoms with E-state index in [1.54, 1.807) is 18.2 Å². The molecule has 0 heterocycles. The molecular weight excluding hydrogens is 208 g/mol. The fourth-order valence-electron chi connectivity index (χ4n) is 1.29. The highest BCUT2D eigenvalue weighted by Gasteiger charge is 2.10. The van der Waals surface area contributed by atoms with E-state index in [4.69, 9.17) is 9.84 Å². The van der Waals surface area contributed by atoms with Gasteiger partial charge in [-0.1, -0.05) is 25.1 Å². The Bertz CT molecular complexity index is 384. The molecule has 0 amide bonds. The fourth-order valence-corrected chi connectivity index (χ4v) is 1.29. The van der Waals surface area contributed by atoms with E-state index in [0.717, 1.165) is 6.42 Å². The van der Waals surface area contributed by atoms with Crippen LogP contribution in [0.1, 0.15) is 35.7 Å². The van der Waals surface area contributed by atoms with Crippen LogP contribution in [0.5, 0.6) is 0 Å². The first-order valence-corrected chi connectivity index (χ1v) is 5.12.